The number of carbonyl (C=O) groups excluding carboxylic acids is 6. The number of para-hydroxylation sites is 1. The Bertz CT molecular complexity index is 3390. The number of thiazole rings is 1. The summed E-state index contributed by atoms with van der Waals surface area (Å²) in [6, 6.07) is 24.0. The molecule has 0 radical (unpaired) electrons. The van der Waals surface area contributed by atoms with Crippen LogP contribution in [0, 0.1) is 24.6 Å². The summed E-state index contributed by atoms with van der Waals surface area (Å²) in [5.74, 6) is -2.80. The maximum atomic E-state index is 15.5. The molecule has 4 aromatic carbocycles. The van der Waals surface area contributed by atoms with E-state index in [1.807, 2.05) is 72.5 Å². The van der Waals surface area contributed by atoms with Crippen LogP contribution in [0.5, 0.6) is 5.75 Å². The Kier molecular flexibility index (Phi) is 14.5. The number of pyridine rings is 1. The number of ether oxygens (including phenoxy) is 1. The maximum Gasteiger partial charge on any atom is 0.355 e. The molecule has 5 aliphatic rings. The Labute approximate surface area is 453 Å². The van der Waals surface area contributed by atoms with Gasteiger partial charge in [0.1, 0.15) is 23.4 Å². The standard InChI is InChI=1S/C58H58FN9O9S/c1-33(35-17-21-64(22-18-35)32-51(70)66-26-24-65(25-27-66)46-30-41-40(29-43(46)59)55(73)68(56(41)74)45-14-16-50(69)62-54(45)72)20-28-77-47-11-6-8-37(34(47)2)38-13-15-49(61-52(38)57(75)76)67-23-19-36-7-5-9-39(42(36)31-67)53(71)63-58-60-44-10-3-4-12-48(44)78-58/h3-13,15,29-30,33,35,45H,14,16-28,31-32H2,1-2H3,(H,75,76)(H,60,63,71)(H,62,69,72). The van der Waals surface area contributed by atoms with Crippen LogP contribution in [-0.4, -0.2) is 136 Å². The van der Waals surface area contributed by atoms with Gasteiger partial charge in [-0.15, -0.1) is 0 Å². The van der Waals surface area contributed by atoms with Crippen molar-refractivity contribution in [3.05, 3.63) is 130 Å². The molecule has 3 N–H and O–H groups in total. The van der Waals surface area contributed by atoms with Gasteiger partial charge in [-0.3, -0.25) is 49.2 Å². The number of hydrogen-bond donors (Lipinski definition) is 3. The van der Waals surface area contributed by atoms with Gasteiger partial charge in [0.15, 0.2) is 10.8 Å². The summed E-state index contributed by atoms with van der Waals surface area (Å²) in [6.07, 6.45) is 3.32. The number of carboxylic acids is 1. The van der Waals surface area contributed by atoms with Crippen molar-refractivity contribution in [2.45, 2.75) is 65.0 Å². The maximum absolute atomic E-state index is 15.5. The molecule has 2 atom stereocenters. The van der Waals surface area contributed by atoms with Crippen LogP contribution in [0.3, 0.4) is 0 Å². The van der Waals surface area contributed by atoms with E-state index in [1.54, 1.807) is 21.9 Å². The van der Waals surface area contributed by atoms with E-state index in [1.165, 1.54) is 17.4 Å². The molecule has 78 heavy (non-hydrogen) atoms. The summed E-state index contributed by atoms with van der Waals surface area (Å²) < 4.78 is 22.9. The molecule has 3 fully saturated rings. The number of aromatic carboxylic acids is 1. The fraction of sp³-hybridized carbons (Fsp3) is 0.362. The van der Waals surface area contributed by atoms with Gasteiger partial charge in [0.2, 0.25) is 17.7 Å². The summed E-state index contributed by atoms with van der Waals surface area (Å²) >= 11 is 1.42. The third-order valence-electron chi connectivity index (χ3n) is 16.1. The highest BCUT2D eigenvalue weighted by Crippen LogP contribution is 2.37. The van der Waals surface area contributed by atoms with Gasteiger partial charge in [0.05, 0.1) is 40.2 Å². The smallest absolute Gasteiger partial charge is 0.355 e. The molecule has 18 nitrogen and oxygen atoms in total. The van der Waals surface area contributed by atoms with Crippen molar-refractivity contribution in [1.29, 1.82) is 0 Å². The lowest BCUT2D eigenvalue weighted by atomic mass is 9.84. The molecule has 2 unspecified atom stereocenters. The number of likely N-dealkylation sites (tertiary alicyclic amines) is 1. The van der Waals surface area contributed by atoms with Gasteiger partial charge in [-0.25, -0.2) is 19.2 Å². The van der Waals surface area contributed by atoms with Crippen molar-refractivity contribution < 1.29 is 47.8 Å². The number of amides is 6. The second-order valence-corrected chi connectivity index (χ2v) is 21.8. The lowest BCUT2D eigenvalue weighted by Gasteiger charge is -2.38. The molecule has 0 spiro atoms. The highest BCUT2D eigenvalue weighted by molar-refractivity contribution is 7.22. The van der Waals surface area contributed by atoms with E-state index < -0.39 is 41.5 Å². The van der Waals surface area contributed by atoms with E-state index in [9.17, 15) is 38.7 Å². The van der Waals surface area contributed by atoms with E-state index in [4.69, 9.17) is 9.72 Å². The first-order valence-corrected chi connectivity index (χ1v) is 27.3. The third kappa shape index (κ3) is 10.3. The minimum Gasteiger partial charge on any atom is -0.493 e. The fourth-order valence-electron chi connectivity index (χ4n) is 11.6. The highest BCUT2D eigenvalue weighted by atomic mass is 32.1. The number of piperazine rings is 1. The van der Waals surface area contributed by atoms with Gasteiger partial charge < -0.3 is 24.5 Å². The first-order valence-electron chi connectivity index (χ1n) is 26.5. The molecule has 6 aromatic rings. The number of aromatic nitrogens is 2. The average molecular weight is 1080 g/mol. The van der Waals surface area contributed by atoms with E-state index in [0.717, 1.165) is 70.2 Å². The van der Waals surface area contributed by atoms with E-state index in [2.05, 4.69) is 27.4 Å². The fourth-order valence-corrected chi connectivity index (χ4v) is 12.5. The van der Waals surface area contributed by atoms with Gasteiger partial charge in [-0.05, 0) is 135 Å². The largest absolute Gasteiger partial charge is 0.493 e. The summed E-state index contributed by atoms with van der Waals surface area (Å²) in [7, 11) is 0. The lowest BCUT2D eigenvalue weighted by molar-refractivity contribution is -0.136. The molecular formula is C58H58FN9O9S. The molecule has 7 heterocycles. The Morgan fingerprint density at radius 1 is 0.821 bits per heavy atom. The Morgan fingerprint density at radius 2 is 1.58 bits per heavy atom. The molecule has 6 amide bonds. The molecular weight excluding hydrogens is 1020 g/mol. The second kappa shape index (κ2) is 21.7. The number of imide groups is 2. The summed E-state index contributed by atoms with van der Waals surface area (Å²) in [6.45, 7) is 8.82. The highest BCUT2D eigenvalue weighted by Gasteiger charge is 2.45. The molecule has 11 rings (SSSR count). The van der Waals surface area contributed by atoms with E-state index in [-0.39, 0.29) is 53.7 Å². The molecule has 0 saturated carbocycles. The van der Waals surface area contributed by atoms with Crippen molar-refractivity contribution in [2.75, 3.05) is 74.1 Å². The Morgan fingerprint density at radius 3 is 2.33 bits per heavy atom. The van der Waals surface area contributed by atoms with Crippen LogP contribution < -0.4 is 25.2 Å². The SMILES string of the molecule is Cc1c(OCCC(C)C2CCN(CC(=O)N3CCN(c4cc5c(cc4F)C(=O)N(C4CCC(=O)NC4=O)C5=O)CC3)CC2)cccc1-c1ccc(N2CCc3cccc(C(=O)Nc4nc5ccccc5s4)c3C2)nc1C(=O)O. The molecule has 0 aliphatic carbocycles. The molecule has 20 heteroatoms. The van der Waals surface area contributed by atoms with E-state index >= 15 is 4.39 Å². The molecule has 402 valence electrons. The zero-order valence-corrected chi connectivity index (χ0v) is 44.1. The predicted octanol–water partition coefficient (Wildman–Crippen LogP) is 7.19. The first-order chi connectivity index (χ1) is 37.7. The van der Waals surface area contributed by atoms with Crippen LogP contribution >= 0.6 is 11.3 Å². The van der Waals surface area contributed by atoms with Gasteiger partial charge in [-0.1, -0.05) is 54.7 Å². The lowest BCUT2D eigenvalue weighted by Crippen LogP contribution is -2.54. The van der Waals surface area contributed by atoms with Crippen molar-refractivity contribution in [2.24, 2.45) is 11.8 Å². The number of benzene rings is 4. The van der Waals surface area contributed by atoms with Gasteiger partial charge in [0, 0.05) is 56.8 Å². The zero-order chi connectivity index (χ0) is 54.4. The van der Waals surface area contributed by atoms with Crippen LogP contribution in [0.25, 0.3) is 21.3 Å². The molecule has 3 saturated heterocycles. The van der Waals surface area contributed by atoms with Crippen LogP contribution in [0.2, 0.25) is 0 Å². The van der Waals surface area contributed by atoms with Crippen LogP contribution in [0.4, 0.5) is 21.0 Å². The molecule has 0 bridgehead atoms. The zero-order valence-electron chi connectivity index (χ0n) is 43.3. The monoisotopic (exact) mass is 1080 g/mol. The number of carboxylic acid groups (broad SMARTS) is 1. The normalized spacial score (nSPS) is 18.5. The topological polar surface area (TPSA) is 215 Å². The van der Waals surface area contributed by atoms with Crippen molar-refractivity contribution in [3.8, 4) is 16.9 Å². The van der Waals surface area contributed by atoms with Gasteiger partial charge in [0.25, 0.3) is 17.7 Å². The summed E-state index contributed by atoms with van der Waals surface area (Å²) in [4.78, 5) is 109. The number of rotatable bonds is 14. The summed E-state index contributed by atoms with van der Waals surface area (Å²) in [5.41, 5.74) is 5.24. The quantitative estimate of drug-likeness (QED) is 0.0922. The van der Waals surface area contributed by atoms with E-state index in [0.29, 0.717) is 97.5 Å². The minimum atomic E-state index is -1.15. The number of carbonyl (C=O) groups is 7. The number of nitrogens with one attached hydrogen (secondary N) is 2. The number of fused-ring (bicyclic) bond motifs is 3. The number of hydrogen-bond acceptors (Lipinski definition) is 14. The number of halogens is 1. The van der Waals surface area contributed by atoms with Crippen molar-refractivity contribution in [1.82, 2.24) is 30.0 Å². The average Bonchev–Trinajstić information content (AvgIpc) is 4.04. The van der Waals surface area contributed by atoms with Crippen LogP contribution in [-0.2, 0) is 27.3 Å². The molecule has 2 aromatic heterocycles. The Balaban J connectivity index is 0.649. The van der Waals surface area contributed by atoms with Gasteiger partial charge in [-0.2, -0.15) is 0 Å². The van der Waals surface area contributed by atoms with Crippen LogP contribution in [0.1, 0.15) is 97.3 Å². The van der Waals surface area contributed by atoms with Crippen LogP contribution in [0.15, 0.2) is 84.9 Å². The first kappa shape index (κ1) is 52.0. The second-order valence-electron chi connectivity index (χ2n) is 20.7. The predicted molar refractivity (Wildman–Crippen MR) is 290 cm³/mol. The van der Waals surface area contributed by atoms with Gasteiger partial charge >= 0.3 is 5.97 Å². The van der Waals surface area contributed by atoms with Crippen molar-refractivity contribution in [3.63, 3.8) is 0 Å². The third-order valence-corrected chi connectivity index (χ3v) is 17.1. The Hall–Kier alpha value is -8.10. The number of anilines is 3. The summed E-state index contributed by atoms with van der Waals surface area (Å²) in [5, 5.41) is 16.2. The number of nitrogens with zero attached hydrogens (tertiary/aromatic N) is 7. The minimum absolute atomic E-state index is 0.00275. The van der Waals surface area contributed by atoms with Crippen molar-refractivity contribution >= 4 is 79.6 Å². The molecule has 5 aliphatic heterocycles. The number of piperidine rings is 2.